The van der Waals surface area contributed by atoms with Gasteiger partial charge in [-0.05, 0) is 41.0 Å². The molecule has 0 saturated carbocycles. The molecule has 0 fully saturated rings. The van der Waals surface area contributed by atoms with Gasteiger partial charge in [-0.15, -0.1) is 10.2 Å². The molecule has 10 heteroatoms. The molecule has 1 aromatic heterocycles. The molecule has 0 radical (unpaired) electrons. The van der Waals surface area contributed by atoms with Crippen molar-refractivity contribution in [3.63, 3.8) is 0 Å². The number of carbonyl (C=O) groups excluding carboxylic acids is 1. The number of benzene rings is 4. The number of carbonyl (C=O) groups is 1. The highest BCUT2D eigenvalue weighted by Gasteiger charge is 2.21. The Morgan fingerprint density at radius 2 is 1.43 bits per heavy atom. The lowest BCUT2D eigenvalue weighted by Crippen LogP contribution is -2.20. The summed E-state index contributed by atoms with van der Waals surface area (Å²) in [4.78, 5) is 12.7. The Morgan fingerprint density at radius 3 is 2.05 bits per heavy atom. The van der Waals surface area contributed by atoms with Crippen LogP contribution in [0.5, 0.6) is 17.2 Å². The molecule has 5 rings (SSSR count). The molecule has 0 aliphatic heterocycles. The third-order valence-electron chi connectivity index (χ3n) is 6.32. The molecule has 9 nitrogen and oxygen atoms in total. The van der Waals surface area contributed by atoms with Crippen LogP contribution in [0.1, 0.15) is 5.56 Å². The summed E-state index contributed by atoms with van der Waals surface area (Å²) in [5.74, 6) is 1.85. The molecule has 0 saturated heterocycles. The van der Waals surface area contributed by atoms with Gasteiger partial charge in [0.2, 0.25) is 5.75 Å². The summed E-state index contributed by atoms with van der Waals surface area (Å²) in [7, 11) is 4.67. The first-order chi connectivity index (χ1) is 20.6. The molecule has 212 valence electrons. The van der Waals surface area contributed by atoms with Crippen molar-refractivity contribution in [3.8, 4) is 45.5 Å². The summed E-state index contributed by atoms with van der Waals surface area (Å²) in [6.07, 6.45) is 1.62. The molecular formula is C32H29N5O4S. The lowest BCUT2D eigenvalue weighted by molar-refractivity contribution is -0.118. The second-order valence-electron chi connectivity index (χ2n) is 8.96. The van der Waals surface area contributed by atoms with Gasteiger partial charge in [0.1, 0.15) is 0 Å². The lowest BCUT2D eigenvalue weighted by atomic mass is 10.0. The zero-order chi connectivity index (χ0) is 29.3. The van der Waals surface area contributed by atoms with Crippen LogP contribution < -0.4 is 19.6 Å². The minimum atomic E-state index is -0.269. The maximum atomic E-state index is 12.7. The Morgan fingerprint density at radius 1 is 0.810 bits per heavy atom. The van der Waals surface area contributed by atoms with Gasteiger partial charge < -0.3 is 14.2 Å². The molecule has 1 N–H and O–H groups in total. The molecule has 42 heavy (non-hydrogen) atoms. The van der Waals surface area contributed by atoms with E-state index in [9.17, 15) is 4.79 Å². The molecule has 0 atom stereocenters. The van der Waals surface area contributed by atoms with Crippen molar-refractivity contribution in [1.82, 2.24) is 20.2 Å². The van der Waals surface area contributed by atoms with Crippen molar-refractivity contribution in [2.75, 3.05) is 27.1 Å². The molecule has 0 spiro atoms. The van der Waals surface area contributed by atoms with E-state index in [1.54, 1.807) is 27.5 Å². The number of hydrogen-bond donors (Lipinski definition) is 1. The number of methoxy groups -OCH3 is 3. The molecule has 0 bridgehead atoms. The van der Waals surface area contributed by atoms with E-state index in [2.05, 4.69) is 32.9 Å². The number of nitrogens with zero attached hydrogens (tertiary/aromatic N) is 4. The van der Waals surface area contributed by atoms with Crippen molar-refractivity contribution < 1.29 is 19.0 Å². The number of para-hydroxylation sites is 1. The Bertz CT molecular complexity index is 1650. The van der Waals surface area contributed by atoms with Gasteiger partial charge in [0.05, 0.1) is 33.3 Å². The van der Waals surface area contributed by atoms with Crippen molar-refractivity contribution in [2.24, 2.45) is 5.10 Å². The Hall–Kier alpha value is -5.09. The fourth-order valence-corrected chi connectivity index (χ4v) is 5.05. The van der Waals surface area contributed by atoms with Gasteiger partial charge in [0.15, 0.2) is 22.5 Å². The van der Waals surface area contributed by atoms with E-state index >= 15 is 0 Å². The standard InChI is InChI=1S/C32H29N5O4S/c1-39-27-18-25(19-28(40-2)30(27)41-3)31-35-36-32(37(31)26-12-8-5-9-13-26)42-21-29(38)34-33-20-22-14-16-24(17-15-22)23-10-6-4-7-11-23/h4-20H,21H2,1-3H3,(H,34,38). The zero-order valence-electron chi connectivity index (χ0n) is 23.4. The van der Waals surface area contributed by atoms with E-state index in [-0.39, 0.29) is 11.7 Å². The number of thioether (sulfide) groups is 1. The lowest BCUT2D eigenvalue weighted by Gasteiger charge is -2.15. The number of ether oxygens (including phenoxy) is 3. The molecule has 1 amide bonds. The average molecular weight is 580 g/mol. The molecule has 0 unspecified atom stereocenters. The topological polar surface area (TPSA) is 99.9 Å². The maximum Gasteiger partial charge on any atom is 0.250 e. The number of rotatable bonds is 11. The summed E-state index contributed by atoms with van der Waals surface area (Å²) >= 11 is 1.26. The second kappa shape index (κ2) is 13.5. The Labute approximate surface area is 248 Å². The van der Waals surface area contributed by atoms with Crippen molar-refractivity contribution in [3.05, 3.63) is 103 Å². The van der Waals surface area contributed by atoms with Gasteiger partial charge in [-0.3, -0.25) is 9.36 Å². The largest absolute Gasteiger partial charge is 0.493 e. The zero-order valence-corrected chi connectivity index (χ0v) is 24.2. The van der Waals surface area contributed by atoms with Crippen LogP contribution in [0.4, 0.5) is 0 Å². The average Bonchev–Trinajstić information content (AvgIpc) is 3.48. The first-order valence-corrected chi connectivity index (χ1v) is 14.0. The monoisotopic (exact) mass is 579 g/mol. The number of nitrogens with one attached hydrogen (secondary N) is 1. The van der Waals surface area contributed by atoms with Crippen LogP contribution in [-0.2, 0) is 4.79 Å². The SMILES string of the molecule is COc1cc(-c2nnc(SCC(=O)NN=Cc3ccc(-c4ccccc4)cc3)n2-c2ccccc2)cc(OC)c1OC. The fourth-order valence-electron chi connectivity index (χ4n) is 4.30. The van der Waals surface area contributed by atoms with Crippen molar-refractivity contribution >= 4 is 23.9 Å². The third-order valence-corrected chi connectivity index (χ3v) is 7.25. The molecule has 0 aliphatic rings. The van der Waals surface area contributed by atoms with Gasteiger partial charge in [0, 0.05) is 11.3 Å². The molecular weight excluding hydrogens is 550 g/mol. The first kappa shape index (κ1) is 28.4. The van der Waals surface area contributed by atoms with E-state index < -0.39 is 0 Å². The number of hydrogen-bond acceptors (Lipinski definition) is 8. The fraction of sp³-hybridized carbons (Fsp3) is 0.125. The summed E-state index contributed by atoms with van der Waals surface area (Å²) in [5.41, 5.74) is 7.27. The van der Waals surface area contributed by atoms with Gasteiger partial charge in [-0.1, -0.05) is 84.6 Å². The number of hydrazone groups is 1. The Balaban J connectivity index is 1.31. The van der Waals surface area contributed by atoms with E-state index in [0.717, 1.165) is 22.4 Å². The quantitative estimate of drug-likeness (QED) is 0.119. The normalized spacial score (nSPS) is 10.9. The highest BCUT2D eigenvalue weighted by atomic mass is 32.2. The predicted octanol–water partition coefficient (Wildman–Crippen LogP) is 5.87. The van der Waals surface area contributed by atoms with Crippen molar-refractivity contribution in [2.45, 2.75) is 5.16 Å². The highest BCUT2D eigenvalue weighted by molar-refractivity contribution is 7.99. The van der Waals surface area contributed by atoms with Gasteiger partial charge >= 0.3 is 0 Å². The van der Waals surface area contributed by atoms with Gasteiger partial charge in [-0.25, -0.2) is 5.43 Å². The van der Waals surface area contributed by atoms with Crippen molar-refractivity contribution in [1.29, 1.82) is 0 Å². The Kier molecular flexibility index (Phi) is 9.15. The minimum absolute atomic E-state index is 0.0878. The van der Waals surface area contributed by atoms with E-state index in [1.165, 1.54) is 11.8 Å². The summed E-state index contributed by atoms with van der Waals surface area (Å²) in [6.45, 7) is 0. The van der Waals surface area contributed by atoms with E-state index in [1.807, 2.05) is 89.5 Å². The van der Waals surface area contributed by atoms with Crippen LogP contribution in [-0.4, -0.2) is 54.0 Å². The third kappa shape index (κ3) is 6.45. The summed E-state index contributed by atoms with van der Waals surface area (Å²) < 4.78 is 18.4. The summed E-state index contributed by atoms with van der Waals surface area (Å²) in [6, 6.07) is 31.4. The van der Waals surface area contributed by atoms with Crippen LogP contribution in [0.25, 0.3) is 28.2 Å². The van der Waals surface area contributed by atoms with Crippen LogP contribution in [0.3, 0.4) is 0 Å². The maximum absolute atomic E-state index is 12.7. The molecule has 0 aliphatic carbocycles. The molecule has 1 heterocycles. The van der Waals surface area contributed by atoms with Crippen LogP contribution >= 0.6 is 11.8 Å². The van der Waals surface area contributed by atoms with E-state index in [0.29, 0.717) is 33.8 Å². The number of aromatic nitrogens is 3. The predicted molar refractivity (Wildman–Crippen MR) is 165 cm³/mol. The van der Waals surface area contributed by atoms with Gasteiger partial charge in [-0.2, -0.15) is 5.10 Å². The van der Waals surface area contributed by atoms with E-state index in [4.69, 9.17) is 14.2 Å². The summed E-state index contributed by atoms with van der Waals surface area (Å²) in [5, 5.41) is 13.5. The molecule has 5 aromatic rings. The second-order valence-corrected chi connectivity index (χ2v) is 9.90. The smallest absolute Gasteiger partial charge is 0.250 e. The van der Waals surface area contributed by atoms with Crippen LogP contribution in [0.15, 0.2) is 107 Å². The minimum Gasteiger partial charge on any atom is -0.493 e. The first-order valence-electron chi connectivity index (χ1n) is 13.0. The molecule has 4 aromatic carbocycles. The van der Waals surface area contributed by atoms with Crippen LogP contribution in [0, 0.1) is 0 Å². The van der Waals surface area contributed by atoms with Gasteiger partial charge in [0.25, 0.3) is 5.91 Å². The number of amides is 1. The van der Waals surface area contributed by atoms with Crippen LogP contribution in [0.2, 0.25) is 0 Å². The highest BCUT2D eigenvalue weighted by Crippen LogP contribution is 2.41.